The third-order valence-electron chi connectivity index (χ3n) is 3.36. The average Bonchev–Trinajstić information content (AvgIpc) is 2.67. The fourth-order valence-electron chi connectivity index (χ4n) is 2.42. The van der Waals surface area contributed by atoms with Crippen molar-refractivity contribution in [3.63, 3.8) is 0 Å². The van der Waals surface area contributed by atoms with Gasteiger partial charge in [-0.2, -0.15) is 0 Å². The number of aromatic amines is 1. The van der Waals surface area contributed by atoms with Crippen LogP contribution in [0.4, 0.5) is 5.69 Å². The van der Waals surface area contributed by atoms with Crippen LogP contribution in [0.15, 0.2) is 18.5 Å². The van der Waals surface area contributed by atoms with Crippen LogP contribution in [0.5, 0.6) is 0 Å². The van der Waals surface area contributed by atoms with Crippen LogP contribution in [0, 0.1) is 0 Å². The number of rotatable bonds is 2. The minimum Gasteiger partial charge on any atom is -0.370 e. The van der Waals surface area contributed by atoms with Crippen molar-refractivity contribution in [2.45, 2.75) is 38.3 Å². The van der Waals surface area contributed by atoms with E-state index in [1.165, 1.54) is 18.5 Å². The van der Waals surface area contributed by atoms with E-state index < -0.39 is 0 Å². The molecule has 2 N–H and O–H groups in total. The summed E-state index contributed by atoms with van der Waals surface area (Å²) >= 11 is 0. The van der Waals surface area contributed by atoms with Gasteiger partial charge in [-0.3, -0.25) is 0 Å². The Hall–Kier alpha value is -0.960. The Morgan fingerprint density at radius 2 is 2.27 bits per heavy atom. The first-order valence-corrected chi connectivity index (χ1v) is 5.69. The number of nitrogens with one attached hydrogen (secondary N) is 2. The highest BCUT2D eigenvalue weighted by Crippen LogP contribution is 2.25. The summed E-state index contributed by atoms with van der Waals surface area (Å²) in [6, 6.07) is 2.78. The normalized spacial score (nSPS) is 25.1. The lowest BCUT2D eigenvalue weighted by Crippen LogP contribution is -2.52. The lowest BCUT2D eigenvalue weighted by molar-refractivity contribution is 0.272. The maximum absolute atomic E-state index is 3.55. The van der Waals surface area contributed by atoms with Crippen LogP contribution < -0.4 is 10.2 Å². The number of piperidine rings is 1. The maximum atomic E-state index is 3.55. The molecule has 3 heteroatoms. The molecule has 1 fully saturated rings. The number of H-pyrrole nitrogens is 1. The fraction of sp³-hybridized carbons (Fsp3) is 0.667. The standard InChI is InChI=1S/C12H21N3/c1-12(2)8-10(5-7-14-12)15(3)11-4-6-13-9-11/h4,6,9-10,13-14H,5,7-8H2,1-3H3. The largest absolute Gasteiger partial charge is 0.370 e. The minimum absolute atomic E-state index is 0.271. The molecule has 2 heterocycles. The molecule has 1 saturated heterocycles. The van der Waals surface area contributed by atoms with E-state index in [4.69, 9.17) is 0 Å². The van der Waals surface area contributed by atoms with Crippen molar-refractivity contribution in [1.82, 2.24) is 10.3 Å². The van der Waals surface area contributed by atoms with Gasteiger partial charge < -0.3 is 15.2 Å². The Labute approximate surface area is 91.9 Å². The number of aromatic nitrogens is 1. The molecule has 0 radical (unpaired) electrons. The maximum Gasteiger partial charge on any atom is 0.0543 e. The zero-order chi connectivity index (χ0) is 10.9. The molecule has 0 bridgehead atoms. The molecule has 1 aliphatic rings. The second-order valence-electron chi connectivity index (χ2n) is 5.14. The highest BCUT2D eigenvalue weighted by molar-refractivity contribution is 5.44. The second kappa shape index (κ2) is 3.89. The summed E-state index contributed by atoms with van der Waals surface area (Å²) in [6.45, 7) is 5.68. The monoisotopic (exact) mass is 207 g/mol. The molecule has 0 spiro atoms. The molecular formula is C12H21N3. The summed E-state index contributed by atoms with van der Waals surface area (Å²) in [5.74, 6) is 0. The van der Waals surface area contributed by atoms with Crippen molar-refractivity contribution in [2.24, 2.45) is 0 Å². The van der Waals surface area contributed by atoms with Gasteiger partial charge in [0.25, 0.3) is 0 Å². The third kappa shape index (κ3) is 2.34. The van der Waals surface area contributed by atoms with Gasteiger partial charge in [0.15, 0.2) is 0 Å². The molecule has 15 heavy (non-hydrogen) atoms. The molecule has 0 saturated carbocycles. The molecule has 1 unspecified atom stereocenters. The quantitative estimate of drug-likeness (QED) is 0.777. The summed E-state index contributed by atoms with van der Waals surface area (Å²) < 4.78 is 0. The number of nitrogens with zero attached hydrogens (tertiary/aromatic N) is 1. The van der Waals surface area contributed by atoms with Gasteiger partial charge in [-0.15, -0.1) is 0 Å². The van der Waals surface area contributed by atoms with E-state index in [2.05, 4.69) is 48.4 Å². The molecule has 1 aromatic heterocycles. The van der Waals surface area contributed by atoms with Gasteiger partial charge >= 0.3 is 0 Å². The van der Waals surface area contributed by atoms with Gasteiger partial charge in [-0.1, -0.05) is 0 Å². The molecule has 1 aromatic rings. The Morgan fingerprint density at radius 1 is 1.47 bits per heavy atom. The highest BCUT2D eigenvalue weighted by atomic mass is 15.2. The fourth-order valence-corrected chi connectivity index (χ4v) is 2.42. The topological polar surface area (TPSA) is 31.1 Å². The minimum atomic E-state index is 0.271. The molecule has 0 amide bonds. The predicted molar refractivity (Wildman–Crippen MR) is 64.3 cm³/mol. The SMILES string of the molecule is CN(c1cc[nH]c1)C1CCNC(C)(C)C1. The zero-order valence-electron chi connectivity index (χ0n) is 9.88. The first-order valence-electron chi connectivity index (χ1n) is 5.69. The first kappa shape index (κ1) is 10.6. The van der Waals surface area contributed by atoms with E-state index in [1.807, 2.05) is 6.20 Å². The van der Waals surface area contributed by atoms with Gasteiger partial charge in [0, 0.05) is 31.0 Å². The van der Waals surface area contributed by atoms with Gasteiger partial charge in [0.2, 0.25) is 0 Å². The van der Waals surface area contributed by atoms with Gasteiger partial charge in [-0.05, 0) is 39.3 Å². The Balaban J connectivity index is 2.04. The van der Waals surface area contributed by atoms with Crippen molar-refractivity contribution in [2.75, 3.05) is 18.5 Å². The molecule has 1 aliphatic heterocycles. The van der Waals surface area contributed by atoms with Gasteiger partial charge in [0.1, 0.15) is 0 Å². The molecule has 0 aromatic carbocycles. The van der Waals surface area contributed by atoms with Crippen LogP contribution in [-0.4, -0.2) is 30.2 Å². The van der Waals surface area contributed by atoms with E-state index in [9.17, 15) is 0 Å². The molecule has 0 aliphatic carbocycles. The van der Waals surface area contributed by atoms with E-state index in [1.54, 1.807) is 0 Å². The second-order valence-corrected chi connectivity index (χ2v) is 5.14. The van der Waals surface area contributed by atoms with Crippen LogP contribution in [0.2, 0.25) is 0 Å². The number of hydrogen-bond acceptors (Lipinski definition) is 2. The molecule has 3 nitrogen and oxygen atoms in total. The zero-order valence-corrected chi connectivity index (χ0v) is 9.88. The summed E-state index contributed by atoms with van der Waals surface area (Å²) in [5.41, 5.74) is 1.56. The first-order chi connectivity index (χ1) is 7.08. The molecule has 84 valence electrons. The van der Waals surface area contributed by atoms with Crippen LogP contribution >= 0.6 is 0 Å². The van der Waals surface area contributed by atoms with E-state index in [-0.39, 0.29) is 5.54 Å². The van der Waals surface area contributed by atoms with Crippen molar-refractivity contribution >= 4 is 5.69 Å². The van der Waals surface area contributed by atoms with E-state index >= 15 is 0 Å². The lowest BCUT2D eigenvalue weighted by Gasteiger charge is -2.41. The van der Waals surface area contributed by atoms with E-state index in [0.717, 1.165) is 6.54 Å². The summed E-state index contributed by atoms with van der Waals surface area (Å²) in [6.07, 6.45) is 6.48. The summed E-state index contributed by atoms with van der Waals surface area (Å²) in [4.78, 5) is 5.50. The van der Waals surface area contributed by atoms with Gasteiger partial charge in [0.05, 0.1) is 5.69 Å². The summed E-state index contributed by atoms with van der Waals surface area (Å²) in [7, 11) is 2.19. The Morgan fingerprint density at radius 3 is 2.87 bits per heavy atom. The van der Waals surface area contributed by atoms with Crippen molar-refractivity contribution in [1.29, 1.82) is 0 Å². The third-order valence-corrected chi connectivity index (χ3v) is 3.36. The van der Waals surface area contributed by atoms with Crippen LogP contribution in [0.1, 0.15) is 26.7 Å². The van der Waals surface area contributed by atoms with Crippen molar-refractivity contribution < 1.29 is 0 Å². The highest BCUT2D eigenvalue weighted by Gasteiger charge is 2.29. The molecular weight excluding hydrogens is 186 g/mol. The predicted octanol–water partition coefficient (Wildman–Crippen LogP) is 1.98. The van der Waals surface area contributed by atoms with Crippen LogP contribution in [-0.2, 0) is 0 Å². The summed E-state index contributed by atoms with van der Waals surface area (Å²) in [5, 5.41) is 3.55. The number of anilines is 1. The van der Waals surface area contributed by atoms with E-state index in [0.29, 0.717) is 6.04 Å². The Bertz CT molecular complexity index is 303. The average molecular weight is 207 g/mol. The lowest BCUT2D eigenvalue weighted by atomic mass is 9.88. The molecule has 2 rings (SSSR count). The Kier molecular flexibility index (Phi) is 2.74. The van der Waals surface area contributed by atoms with Crippen molar-refractivity contribution in [3.8, 4) is 0 Å². The van der Waals surface area contributed by atoms with Gasteiger partial charge in [-0.25, -0.2) is 0 Å². The smallest absolute Gasteiger partial charge is 0.0543 e. The number of hydrogen-bond donors (Lipinski definition) is 2. The van der Waals surface area contributed by atoms with Crippen molar-refractivity contribution in [3.05, 3.63) is 18.5 Å². The van der Waals surface area contributed by atoms with Crippen LogP contribution in [0.25, 0.3) is 0 Å². The van der Waals surface area contributed by atoms with Crippen LogP contribution in [0.3, 0.4) is 0 Å². The molecule has 1 atom stereocenters.